The third-order valence-electron chi connectivity index (χ3n) is 4.90. The van der Waals surface area contributed by atoms with Gasteiger partial charge in [0.15, 0.2) is 11.5 Å². The Hall–Kier alpha value is -4.29. The van der Waals surface area contributed by atoms with Crippen molar-refractivity contribution in [3.05, 3.63) is 92.4 Å². The smallest absolute Gasteiger partial charge is 0.305 e. The van der Waals surface area contributed by atoms with Crippen LogP contribution in [0.5, 0.6) is 0 Å². The SMILES string of the molecule is O=C(Nc1nc(-c2ccc(Cl)c(F)c2)nc2c1cnn2-c1ccc(F)cc1)c1ccc([N+](=O)[O-])s1. The minimum atomic E-state index is -0.684. The highest BCUT2D eigenvalue weighted by atomic mass is 35.5. The van der Waals surface area contributed by atoms with Gasteiger partial charge >= 0.3 is 5.00 Å². The lowest BCUT2D eigenvalue weighted by Gasteiger charge is -2.09. The number of carbonyl (C=O) groups is 1. The first-order valence-electron chi connectivity index (χ1n) is 9.83. The van der Waals surface area contributed by atoms with Crippen molar-refractivity contribution < 1.29 is 18.5 Å². The summed E-state index contributed by atoms with van der Waals surface area (Å²) in [5.41, 5.74) is 1.02. The highest BCUT2D eigenvalue weighted by molar-refractivity contribution is 7.17. The van der Waals surface area contributed by atoms with Gasteiger partial charge in [0.25, 0.3) is 5.91 Å². The van der Waals surface area contributed by atoms with Crippen LogP contribution in [0.4, 0.5) is 19.6 Å². The van der Waals surface area contributed by atoms with Crippen LogP contribution < -0.4 is 5.32 Å². The van der Waals surface area contributed by atoms with Crippen LogP contribution in [-0.2, 0) is 0 Å². The number of amides is 1. The molecule has 0 saturated heterocycles. The number of benzene rings is 2. The molecule has 3 heterocycles. The number of anilines is 1. The number of rotatable bonds is 5. The maximum atomic E-state index is 14.1. The molecule has 1 amide bonds. The van der Waals surface area contributed by atoms with E-state index in [0.717, 1.165) is 6.07 Å². The van der Waals surface area contributed by atoms with Gasteiger partial charge in [-0.15, -0.1) is 0 Å². The summed E-state index contributed by atoms with van der Waals surface area (Å²) in [5.74, 6) is -1.64. The van der Waals surface area contributed by atoms with Crippen molar-refractivity contribution in [1.82, 2.24) is 19.7 Å². The quantitative estimate of drug-likeness (QED) is 0.241. The van der Waals surface area contributed by atoms with Crippen molar-refractivity contribution in [2.24, 2.45) is 0 Å². The molecule has 0 spiro atoms. The van der Waals surface area contributed by atoms with E-state index < -0.39 is 22.5 Å². The van der Waals surface area contributed by atoms with Gasteiger partial charge in [0.05, 0.1) is 32.1 Å². The first kappa shape index (κ1) is 22.5. The first-order valence-corrected chi connectivity index (χ1v) is 11.0. The maximum Gasteiger partial charge on any atom is 0.324 e. The summed E-state index contributed by atoms with van der Waals surface area (Å²) in [5, 5.41) is 18.0. The molecule has 3 aromatic heterocycles. The number of aromatic nitrogens is 4. The van der Waals surface area contributed by atoms with E-state index in [1.54, 1.807) is 0 Å². The number of hydrogen-bond acceptors (Lipinski definition) is 7. The molecule has 9 nitrogen and oxygen atoms in total. The number of carbonyl (C=O) groups excluding carboxylic acids is 1. The molecule has 1 N–H and O–H groups in total. The summed E-state index contributed by atoms with van der Waals surface area (Å²) in [6.07, 6.45) is 1.41. The van der Waals surface area contributed by atoms with Crippen molar-refractivity contribution in [1.29, 1.82) is 0 Å². The summed E-state index contributed by atoms with van der Waals surface area (Å²) in [4.78, 5) is 32.2. The fourth-order valence-electron chi connectivity index (χ4n) is 3.26. The molecule has 0 atom stereocenters. The van der Waals surface area contributed by atoms with Gasteiger partial charge in [0, 0.05) is 11.6 Å². The van der Waals surface area contributed by atoms with Crippen LogP contribution in [-0.4, -0.2) is 30.6 Å². The molecule has 0 unspecified atom stereocenters. The third kappa shape index (κ3) is 4.32. The van der Waals surface area contributed by atoms with E-state index in [-0.39, 0.29) is 37.8 Å². The van der Waals surface area contributed by atoms with E-state index in [2.05, 4.69) is 20.4 Å². The van der Waals surface area contributed by atoms with Crippen molar-refractivity contribution in [2.45, 2.75) is 0 Å². The summed E-state index contributed by atoms with van der Waals surface area (Å²) < 4.78 is 29.0. The highest BCUT2D eigenvalue weighted by Crippen LogP contribution is 2.30. The van der Waals surface area contributed by atoms with Crippen molar-refractivity contribution in [3.63, 3.8) is 0 Å². The van der Waals surface area contributed by atoms with E-state index >= 15 is 0 Å². The predicted octanol–water partition coefficient (Wildman–Crippen LogP) is 5.64. The number of hydrogen-bond donors (Lipinski definition) is 1. The lowest BCUT2D eigenvalue weighted by atomic mass is 10.2. The number of nitrogens with zero attached hydrogens (tertiary/aromatic N) is 5. The van der Waals surface area contributed by atoms with E-state index in [4.69, 9.17) is 11.6 Å². The maximum absolute atomic E-state index is 14.1. The van der Waals surface area contributed by atoms with E-state index in [1.807, 2.05) is 0 Å². The Balaban J connectivity index is 1.64. The first-order chi connectivity index (χ1) is 16.8. The minimum absolute atomic E-state index is 0.0507. The molecule has 174 valence electrons. The van der Waals surface area contributed by atoms with Gasteiger partial charge in [0.1, 0.15) is 17.5 Å². The van der Waals surface area contributed by atoms with Crippen LogP contribution in [0.25, 0.3) is 28.1 Å². The zero-order valence-electron chi connectivity index (χ0n) is 17.3. The second-order valence-electron chi connectivity index (χ2n) is 7.14. The van der Waals surface area contributed by atoms with Crippen molar-refractivity contribution in [3.8, 4) is 17.1 Å². The monoisotopic (exact) mass is 512 g/mol. The fraction of sp³-hybridized carbons (Fsp3) is 0. The molecule has 0 aliphatic carbocycles. The van der Waals surface area contributed by atoms with Gasteiger partial charge in [-0.05, 0) is 48.5 Å². The topological polar surface area (TPSA) is 116 Å². The fourth-order valence-corrected chi connectivity index (χ4v) is 4.09. The minimum Gasteiger partial charge on any atom is -0.305 e. The van der Waals surface area contributed by atoms with Gasteiger partial charge in [0.2, 0.25) is 0 Å². The normalized spacial score (nSPS) is 11.1. The number of nitro groups is 1. The molecule has 5 aromatic rings. The van der Waals surface area contributed by atoms with Crippen molar-refractivity contribution in [2.75, 3.05) is 5.32 Å². The third-order valence-corrected chi connectivity index (χ3v) is 6.25. The molecule has 5 rings (SSSR count). The Kier molecular flexibility index (Phi) is 5.67. The summed E-state index contributed by atoms with van der Waals surface area (Å²) in [6, 6.07) is 12.1. The van der Waals surface area contributed by atoms with Gasteiger partial charge < -0.3 is 5.32 Å². The average Bonchev–Trinajstić information content (AvgIpc) is 3.49. The molecule has 13 heteroatoms. The van der Waals surface area contributed by atoms with Crippen LogP contribution in [0.2, 0.25) is 5.02 Å². The molecule has 0 saturated carbocycles. The zero-order valence-corrected chi connectivity index (χ0v) is 18.8. The number of halogens is 3. The average molecular weight is 513 g/mol. The largest absolute Gasteiger partial charge is 0.324 e. The molecular formula is C22H11ClF2N6O3S. The molecule has 0 radical (unpaired) electrons. The highest BCUT2D eigenvalue weighted by Gasteiger charge is 2.20. The number of nitrogens with one attached hydrogen (secondary N) is 1. The van der Waals surface area contributed by atoms with Crippen LogP contribution >= 0.6 is 22.9 Å². The van der Waals surface area contributed by atoms with Crippen LogP contribution in [0.1, 0.15) is 9.67 Å². The number of thiophene rings is 1. The molecule has 0 aliphatic heterocycles. The molecule has 0 aliphatic rings. The zero-order chi connectivity index (χ0) is 24.7. The van der Waals surface area contributed by atoms with Gasteiger partial charge in [-0.2, -0.15) is 5.10 Å². The summed E-state index contributed by atoms with van der Waals surface area (Å²) in [7, 11) is 0. The van der Waals surface area contributed by atoms with Gasteiger partial charge in [-0.25, -0.2) is 23.4 Å². The Morgan fingerprint density at radius 3 is 2.54 bits per heavy atom. The molecule has 2 aromatic carbocycles. The summed E-state index contributed by atoms with van der Waals surface area (Å²) in [6.45, 7) is 0. The van der Waals surface area contributed by atoms with Crippen LogP contribution in [0.3, 0.4) is 0 Å². The van der Waals surface area contributed by atoms with Gasteiger partial charge in [-0.1, -0.05) is 22.9 Å². The Morgan fingerprint density at radius 2 is 1.86 bits per heavy atom. The van der Waals surface area contributed by atoms with Gasteiger partial charge in [-0.3, -0.25) is 14.9 Å². The second-order valence-corrected chi connectivity index (χ2v) is 8.61. The molecule has 0 fully saturated rings. The Labute approximate surface area is 203 Å². The number of fused-ring (bicyclic) bond motifs is 1. The standard InChI is InChI=1S/C22H11ClF2N6O3S/c23-15-6-1-11(9-16(15)25)19-27-20(29-22(32)17-7-8-18(35-17)31(33)34)14-10-26-30(21(14)28-19)13-4-2-12(24)3-5-13/h1-10H,(H,27,28,29,32). The van der Waals surface area contributed by atoms with Crippen molar-refractivity contribution >= 4 is 50.7 Å². The molecule has 0 bridgehead atoms. The Bertz CT molecular complexity index is 1620. The van der Waals surface area contributed by atoms with E-state index in [0.29, 0.717) is 22.4 Å². The lowest BCUT2D eigenvalue weighted by molar-refractivity contribution is -0.380. The van der Waals surface area contributed by atoms with Crippen LogP contribution in [0.15, 0.2) is 60.8 Å². The second kappa shape index (κ2) is 8.81. The van der Waals surface area contributed by atoms with E-state index in [1.165, 1.54) is 59.4 Å². The van der Waals surface area contributed by atoms with Crippen LogP contribution in [0, 0.1) is 21.7 Å². The lowest BCUT2D eigenvalue weighted by Crippen LogP contribution is -2.12. The molecular weight excluding hydrogens is 502 g/mol. The molecule has 35 heavy (non-hydrogen) atoms. The summed E-state index contributed by atoms with van der Waals surface area (Å²) >= 11 is 6.50. The Morgan fingerprint density at radius 1 is 1.09 bits per heavy atom. The predicted molar refractivity (Wildman–Crippen MR) is 126 cm³/mol. The van der Waals surface area contributed by atoms with E-state index in [9.17, 15) is 23.7 Å².